The van der Waals surface area contributed by atoms with Crippen LogP contribution >= 0.6 is 11.8 Å². The van der Waals surface area contributed by atoms with Crippen LogP contribution < -0.4 is 10.6 Å². The highest BCUT2D eigenvalue weighted by Crippen LogP contribution is 2.28. The Hall–Kier alpha value is -3.65. The minimum atomic E-state index is -0.647. The normalized spacial score (nSPS) is 12.6. The monoisotopic (exact) mass is 447 g/mol. The van der Waals surface area contributed by atoms with Crippen LogP contribution in [0.2, 0.25) is 0 Å². The fourth-order valence-electron chi connectivity index (χ4n) is 2.90. The fraction of sp³-hybridized carbons (Fsp3) is 0.167. The van der Waals surface area contributed by atoms with Gasteiger partial charge in [0, 0.05) is 17.1 Å². The van der Waals surface area contributed by atoms with Crippen molar-refractivity contribution in [3.8, 4) is 0 Å². The smallest absolute Gasteiger partial charge is 0.341 e. The molecule has 0 aliphatic heterocycles. The molecule has 3 aromatic rings. The van der Waals surface area contributed by atoms with Gasteiger partial charge in [0.25, 0.3) is 11.8 Å². The number of hydrogen-bond donors (Lipinski definition) is 2. The molecule has 32 heavy (non-hydrogen) atoms. The molecule has 1 aliphatic rings. The molecule has 1 saturated carbocycles. The van der Waals surface area contributed by atoms with Gasteiger partial charge in [-0.2, -0.15) is 0 Å². The number of anilines is 1. The lowest BCUT2D eigenvalue weighted by molar-refractivity contribution is -0.119. The first kappa shape index (κ1) is 21.6. The van der Waals surface area contributed by atoms with E-state index in [9.17, 15) is 14.4 Å². The van der Waals surface area contributed by atoms with Crippen molar-refractivity contribution in [2.75, 3.05) is 11.9 Å². The van der Waals surface area contributed by atoms with Crippen molar-refractivity contribution < 1.29 is 19.1 Å². The van der Waals surface area contributed by atoms with Gasteiger partial charge in [-0.25, -0.2) is 9.78 Å². The van der Waals surface area contributed by atoms with Gasteiger partial charge in [-0.1, -0.05) is 42.1 Å². The van der Waals surface area contributed by atoms with Crippen molar-refractivity contribution in [1.29, 1.82) is 0 Å². The summed E-state index contributed by atoms with van der Waals surface area (Å²) in [5, 5.41) is 6.04. The second-order valence-electron chi connectivity index (χ2n) is 7.19. The van der Waals surface area contributed by atoms with Crippen LogP contribution in [0.1, 0.15) is 33.6 Å². The van der Waals surface area contributed by atoms with Crippen molar-refractivity contribution in [3.63, 3.8) is 0 Å². The maximum Gasteiger partial charge on any atom is 0.341 e. The minimum absolute atomic E-state index is 0.203. The Kier molecular flexibility index (Phi) is 6.81. The number of nitrogens with one attached hydrogen (secondary N) is 2. The number of amides is 2. The van der Waals surface area contributed by atoms with Crippen LogP contribution in [-0.4, -0.2) is 35.4 Å². The van der Waals surface area contributed by atoms with Gasteiger partial charge in [0.2, 0.25) is 0 Å². The highest BCUT2D eigenvalue weighted by Gasteiger charge is 2.25. The molecule has 162 valence electrons. The molecular weight excluding hydrogens is 426 g/mol. The molecule has 1 fully saturated rings. The van der Waals surface area contributed by atoms with E-state index in [0.29, 0.717) is 16.3 Å². The van der Waals surface area contributed by atoms with Crippen LogP contribution in [0.4, 0.5) is 5.69 Å². The lowest BCUT2D eigenvalue weighted by Gasteiger charge is -2.12. The third-order valence-corrected chi connectivity index (χ3v) is 5.67. The predicted octanol–water partition coefficient (Wildman–Crippen LogP) is 3.92. The molecule has 1 aliphatic carbocycles. The largest absolute Gasteiger partial charge is 0.452 e. The predicted molar refractivity (Wildman–Crippen MR) is 121 cm³/mol. The Labute approximate surface area is 189 Å². The molecule has 0 bridgehead atoms. The summed E-state index contributed by atoms with van der Waals surface area (Å²) >= 11 is 1.34. The Morgan fingerprint density at radius 1 is 0.938 bits per heavy atom. The second-order valence-corrected chi connectivity index (χ2v) is 8.25. The van der Waals surface area contributed by atoms with Gasteiger partial charge in [0.15, 0.2) is 6.61 Å². The fourth-order valence-corrected chi connectivity index (χ4v) is 3.80. The molecule has 1 aromatic heterocycles. The topological polar surface area (TPSA) is 97.4 Å². The highest BCUT2D eigenvalue weighted by atomic mass is 32.2. The molecule has 7 nitrogen and oxygen atoms in total. The summed E-state index contributed by atoms with van der Waals surface area (Å²) in [6.45, 7) is -0.484. The molecule has 0 atom stereocenters. The molecule has 2 N–H and O–H groups in total. The SMILES string of the molecule is O=C(COC(=O)c1cccnc1Sc1ccccc1)Nc1ccccc1C(=O)NC1CC1. The van der Waals surface area contributed by atoms with Crippen LogP contribution in [0.15, 0.2) is 82.8 Å². The first-order valence-corrected chi connectivity index (χ1v) is 11.0. The third kappa shape index (κ3) is 5.73. The van der Waals surface area contributed by atoms with E-state index >= 15 is 0 Å². The summed E-state index contributed by atoms with van der Waals surface area (Å²) in [7, 11) is 0. The van der Waals surface area contributed by atoms with E-state index in [4.69, 9.17) is 4.74 Å². The number of nitrogens with zero attached hydrogens (tertiary/aromatic N) is 1. The molecule has 0 spiro atoms. The van der Waals surface area contributed by atoms with Crippen molar-refractivity contribution in [2.24, 2.45) is 0 Å². The number of rotatable bonds is 8. The van der Waals surface area contributed by atoms with E-state index in [1.807, 2.05) is 30.3 Å². The Bertz CT molecular complexity index is 1130. The Balaban J connectivity index is 1.37. The van der Waals surface area contributed by atoms with Gasteiger partial charge >= 0.3 is 5.97 Å². The Morgan fingerprint density at radius 2 is 1.66 bits per heavy atom. The molecule has 2 aromatic carbocycles. The second kappa shape index (κ2) is 10.1. The number of aromatic nitrogens is 1. The van der Waals surface area contributed by atoms with Crippen molar-refractivity contribution in [1.82, 2.24) is 10.3 Å². The maximum atomic E-state index is 12.6. The first-order chi connectivity index (χ1) is 15.6. The molecule has 1 heterocycles. The summed E-state index contributed by atoms with van der Waals surface area (Å²) in [6, 6.07) is 19.7. The molecular formula is C24H21N3O4S. The zero-order chi connectivity index (χ0) is 22.3. The summed E-state index contributed by atoms with van der Waals surface area (Å²) in [5.41, 5.74) is 1.01. The first-order valence-electron chi connectivity index (χ1n) is 10.1. The molecule has 4 rings (SSSR count). The molecule has 8 heteroatoms. The van der Waals surface area contributed by atoms with Crippen molar-refractivity contribution in [3.05, 3.63) is 84.1 Å². The number of pyridine rings is 1. The van der Waals surface area contributed by atoms with Crippen molar-refractivity contribution in [2.45, 2.75) is 28.8 Å². The van der Waals surface area contributed by atoms with Crippen LogP contribution in [0, 0.1) is 0 Å². The average molecular weight is 448 g/mol. The zero-order valence-corrected chi connectivity index (χ0v) is 17.9. The molecule has 0 radical (unpaired) electrons. The van der Waals surface area contributed by atoms with Gasteiger partial charge in [-0.3, -0.25) is 9.59 Å². The van der Waals surface area contributed by atoms with E-state index in [2.05, 4.69) is 15.6 Å². The highest BCUT2D eigenvalue weighted by molar-refractivity contribution is 7.99. The van der Waals surface area contributed by atoms with Crippen molar-refractivity contribution >= 4 is 35.2 Å². The number of esters is 1. The summed E-state index contributed by atoms with van der Waals surface area (Å²) in [4.78, 5) is 42.6. The van der Waals surface area contributed by atoms with Crippen LogP contribution in [0.25, 0.3) is 0 Å². The van der Waals surface area contributed by atoms with Gasteiger partial charge < -0.3 is 15.4 Å². The van der Waals surface area contributed by atoms with Crippen LogP contribution in [0.5, 0.6) is 0 Å². The minimum Gasteiger partial charge on any atom is -0.452 e. The quantitative estimate of drug-likeness (QED) is 0.508. The average Bonchev–Trinajstić information content (AvgIpc) is 3.63. The standard InChI is InChI=1S/C24H21N3O4S/c28-21(27-20-11-5-4-9-18(20)22(29)26-16-12-13-16)15-31-24(30)19-10-6-14-25-23(19)32-17-7-2-1-3-8-17/h1-11,14,16H,12-13,15H2,(H,26,29)(H,27,28). The summed E-state index contributed by atoms with van der Waals surface area (Å²) in [6.07, 6.45) is 3.53. The van der Waals surface area contributed by atoms with Gasteiger partial charge in [0.05, 0.1) is 16.8 Å². The number of hydrogen-bond acceptors (Lipinski definition) is 6. The molecule has 0 saturated heterocycles. The van der Waals surface area contributed by atoms with E-state index in [1.165, 1.54) is 11.8 Å². The zero-order valence-electron chi connectivity index (χ0n) is 17.1. The van der Waals surface area contributed by atoms with E-state index in [1.54, 1.807) is 42.6 Å². The lowest BCUT2D eigenvalue weighted by atomic mass is 10.1. The number of carbonyl (C=O) groups excluding carboxylic acids is 3. The maximum absolute atomic E-state index is 12.6. The summed E-state index contributed by atoms with van der Waals surface area (Å²) < 4.78 is 5.21. The van der Waals surface area contributed by atoms with Gasteiger partial charge in [-0.05, 0) is 49.2 Å². The third-order valence-electron chi connectivity index (χ3n) is 4.64. The number of carbonyl (C=O) groups is 3. The van der Waals surface area contributed by atoms with E-state index in [0.717, 1.165) is 17.7 Å². The summed E-state index contributed by atoms with van der Waals surface area (Å²) in [5.74, 6) is -1.42. The van der Waals surface area contributed by atoms with E-state index in [-0.39, 0.29) is 17.5 Å². The molecule has 0 unspecified atom stereocenters. The Morgan fingerprint density at radius 3 is 2.44 bits per heavy atom. The van der Waals surface area contributed by atoms with Crippen LogP contribution in [0.3, 0.4) is 0 Å². The van der Waals surface area contributed by atoms with Crippen LogP contribution in [-0.2, 0) is 9.53 Å². The lowest BCUT2D eigenvalue weighted by Crippen LogP contribution is -2.28. The number of para-hydroxylation sites is 1. The molecule has 2 amide bonds. The van der Waals surface area contributed by atoms with E-state index < -0.39 is 18.5 Å². The number of ether oxygens (including phenoxy) is 1. The number of benzene rings is 2. The van der Waals surface area contributed by atoms with Gasteiger partial charge in [-0.15, -0.1) is 0 Å². The van der Waals surface area contributed by atoms with Gasteiger partial charge in [0.1, 0.15) is 5.03 Å².